The van der Waals surface area contributed by atoms with Crippen molar-refractivity contribution >= 4 is 23.2 Å². The maximum Gasteiger partial charge on any atom is 0.434 e. The Hall–Kier alpha value is -1.26. The number of hydrogen-bond donors (Lipinski definition) is 1. The third kappa shape index (κ3) is 1.81. The average molecular weight is 231 g/mol. The first-order valence-electron chi connectivity index (χ1n) is 3.67. The van der Waals surface area contributed by atoms with E-state index in [0.717, 1.165) is 0 Å². The molecular formula is C8H4Cl2N2O2. The van der Waals surface area contributed by atoms with Gasteiger partial charge in [0.05, 0.1) is 0 Å². The summed E-state index contributed by atoms with van der Waals surface area (Å²) >= 11 is 11.5. The monoisotopic (exact) mass is 230 g/mol. The van der Waals surface area contributed by atoms with Gasteiger partial charge in [-0.1, -0.05) is 23.2 Å². The molecule has 0 radical (unpaired) electrons. The summed E-state index contributed by atoms with van der Waals surface area (Å²) in [7, 11) is 0. The predicted molar refractivity (Wildman–Crippen MR) is 52.6 cm³/mol. The fraction of sp³-hybridized carbons (Fsp3) is 0. The molecule has 0 aliphatic carbocycles. The molecule has 4 nitrogen and oxygen atoms in total. The van der Waals surface area contributed by atoms with Gasteiger partial charge in [0.15, 0.2) is 0 Å². The lowest BCUT2D eigenvalue weighted by Gasteiger charge is -1.96. The first-order chi connectivity index (χ1) is 6.65. The van der Waals surface area contributed by atoms with E-state index >= 15 is 0 Å². The van der Waals surface area contributed by atoms with Gasteiger partial charge < -0.3 is 4.42 Å². The second-order valence-electron chi connectivity index (χ2n) is 2.58. The van der Waals surface area contributed by atoms with Crippen LogP contribution in [-0.4, -0.2) is 10.2 Å². The Morgan fingerprint density at radius 1 is 1.21 bits per heavy atom. The molecule has 1 aromatic carbocycles. The summed E-state index contributed by atoms with van der Waals surface area (Å²) < 4.78 is 4.74. The number of halogens is 2. The molecule has 1 heterocycles. The molecule has 0 aliphatic heterocycles. The number of nitrogens with one attached hydrogen (secondary N) is 1. The highest BCUT2D eigenvalue weighted by molar-refractivity contribution is 6.35. The topological polar surface area (TPSA) is 58.9 Å². The highest BCUT2D eigenvalue weighted by atomic mass is 35.5. The minimum absolute atomic E-state index is 0.166. The predicted octanol–water partition coefficient (Wildman–Crippen LogP) is 2.34. The molecule has 0 saturated heterocycles. The number of benzene rings is 1. The quantitative estimate of drug-likeness (QED) is 0.819. The number of nitrogens with zero attached hydrogens (tertiary/aromatic N) is 1. The van der Waals surface area contributed by atoms with Crippen LogP contribution in [0.1, 0.15) is 0 Å². The van der Waals surface area contributed by atoms with Crippen molar-refractivity contribution in [2.24, 2.45) is 0 Å². The van der Waals surface area contributed by atoms with Crippen LogP contribution in [0.25, 0.3) is 11.5 Å². The van der Waals surface area contributed by atoms with Crippen molar-refractivity contribution in [3.63, 3.8) is 0 Å². The van der Waals surface area contributed by atoms with Gasteiger partial charge in [0.1, 0.15) is 0 Å². The van der Waals surface area contributed by atoms with Crippen LogP contribution in [0.2, 0.25) is 10.0 Å². The minimum atomic E-state index is -0.615. The van der Waals surface area contributed by atoms with Crippen LogP contribution in [0.15, 0.2) is 27.4 Å². The number of H-pyrrole nitrogens is 1. The third-order valence-electron chi connectivity index (χ3n) is 1.55. The van der Waals surface area contributed by atoms with Gasteiger partial charge in [0, 0.05) is 15.6 Å². The molecule has 0 spiro atoms. The maximum atomic E-state index is 10.7. The summed E-state index contributed by atoms with van der Waals surface area (Å²) in [6.07, 6.45) is 0. The molecule has 1 aromatic heterocycles. The Morgan fingerprint density at radius 2 is 1.86 bits per heavy atom. The molecule has 0 atom stereocenters. The second-order valence-corrected chi connectivity index (χ2v) is 3.45. The van der Waals surface area contributed by atoms with Crippen LogP contribution in [0, 0.1) is 0 Å². The zero-order chi connectivity index (χ0) is 10.1. The van der Waals surface area contributed by atoms with Gasteiger partial charge in [-0.15, -0.1) is 5.10 Å². The smallest absolute Gasteiger partial charge is 0.388 e. The van der Waals surface area contributed by atoms with E-state index in [0.29, 0.717) is 15.6 Å². The van der Waals surface area contributed by atoms with Gasteiger partial charge >= 0.3 is 5.76 Å². The van der Waals surface area contributed by atoms with E-state index in [4.69, 9.17) is 27.6 Å². The van der Waals surface area contributed by atoms with E-state index in [-0.39, 0.29) is 5.89 Å². The molecule has 72 valence electrons. The van der Waals surface area contributed by atoms with Crippen LogP contribution in [0.3, 0.4) is 0 Å². The van der Waals surface area contributed by atoms with E-state index in [1.807, 2.05) is 0 Å². The number of hydrogen-bond acceptors (Lipinski definition) is 3. The lowest BCUT2D eigenvalue weighted by atomic mass is 10.2. The molecule has 6 heteroatoms. The number of aromatic nitrogens is 2. The standard InChI is InChI=1S/C8H4Cl2N2O2/c9-5-1-4(2-6(10)3-5)7-11-12-8(13)14-7/h1-3H,(H,12,13). The Kier molecular flexibility index (Phi) is 2.31. The van der Waals surface area contributed by atoms with Crippen LogP contribution < -0.4 is 5.76 Å². The molecule has 0 saturated carbocycles. The van der Waals surface area contributed by atoms with Crippen molar-refractivity contribution in [3.8, 4) is 11.5 Å². The molecular weight excluding hydrogens is 227 g/mol. The highest BCUT2D eigenvalue weighted by Gasteiger charge is 2.06. The van der Waals surface area contributed by atoms with Crippen LogP contribution in [-0.2, 0) is 0 Å². The van der Waals surface area contributed by atoms with E-state index < -0.39 is 5.76 Å². The Labute approximate surface area is 88.5 Å². The molecule has 0 bridgehead atoms. The lowest BCUT2D eigenvalue weighted by Crippen LogP contribution is -1.93. The Bertz CT molecular complexity index is 498. The average Bonchev–Trinajstić information content (AvgIpc) is 2.50. The van der Waals surface area contributed by atoms with Crippen molar-refractivity contribution in [2.45, 2.75) is 0 Å². The summed E-state index contributed by atoms with van der Waals surface area (Å²) in [5, 5.41) is 6.71. The van der Waals surface area contributed by atoms with Gasteiger partial charge in [0.2, 0.25) is 5.89 Å². The molecule has 2 aromatic rings. The van der Waals surface area contributed by atoms with Crippen molar-refractivity contribution < 1.29 is 4.42 Å². The van der Waals surface area contributed by atoms with Crippen molar-refractivity contribution in [1.82, 2.24) is 10.2 Å². The van der Waals surface area contributed by atoms with E-state index in [2.05, 4.69) is 10.2 Å². The summed E-state index contributed by atoms with van der Waals surface area (Å²) in [6.45, 7) is 0. The van der Waals surface area contributed by atoms with Crippen LogP contribution in [0.4, 0.5) is 0 Å². The van der Waals surface area contributed by atoms with Crippen LogP contribution in [0.5, 0.6) is 0 Å². The van der Waals surface area contributed by atoms with Crippen LogP contribution >= 0.6 is 23.2 Å². The van der Waals surface area contributed by atoms with Crippen molar-refractivity contribution in [1.29, 1.82) is 0 Å². The van der Waals surface area contributed by atoms with Gasteiger partial charge in [-0.25, -0.2) is 9.89 Å². The molecule has 2 rings (SSSR count). The Morgan fingerprint density at radius 3 is 2.36 bits per heavy atom. The second kappa shape index (κ2) is 3.48. The summed E-state index contributed by atoms with van der Waals surface area (Å²) in [5.41, 5.74) is 0.556. The van der Waals surface area contributed by atoms with E-state index in [1.54, 1.807) is 18.2 Å². The van der Waals surface area contributed by atoms with Gasteiger partial charge in [-0.3, -0.25) is 0 Å². The first kappa shape index (κ1) is 9.30. The van der Waals surface area contributed by atoms with E-state index in [1.165, 1.54) is 0 Å². The first-order valence-corrected chi connectivity index (χ1v) is 4.43. The maximum absolute atomic E-state index is 10.7. The summed E-state index contributed by atoms with van der Waals surface area (Å²) in [4.78, 5) is 10.7. The SMILES string of the molecule is O=c1[nH]nc(-c2cc(Cl)cc(Cl)c2)o1. The molecule has 0 fully saturated rings. The van der Waals surface area contributed by atoms with Crippen molar-refractivity contribution in [3.05, 3.63) is 38.8 Å². The number of rotatable bonds is 1. The minimum Gasteiger partial charge on any atom is -0.388 e. The normalized spacial score (nSPS) is 10.4. The fourth-order valence-corrected chi connectivity index (χ4v) is 1.56. The molecule has 0 aliphatic rings. The molecule has 0 unspecified atom stereocenters. The summed E-state index contributed by atoms with van der Waals surface area (Å²) in [5.74, 6) is -0.449. The zero-order valence-electron chi connectivity index (χ0n) is 6.75. The highest BCUT2D eigenvalue weighted by Crippen LogP contribution is 2.24. The van der Waals surface area contributed by atoms with E-state index in [9.17, 15) is 4.79 Å². The molecule has 14 heavy (non-hydrogen) atoms. The summed E-state index contributed by atoms with van der Waals surface area (Å²) in [6, 6.07) is 4.79. The molecule has 1 N–H and O–H groups in total. The third-order valence-corrected chi connectivity index (χ3v) is 1.98. The van der Waals surface area contributed by atoms with Gasteiger partial charge in [0.25, 0.3) is 0 Å². The fourth-order valence-electron chi connectivity index (χ4n) is 1.03. The Balaban J connectivity index is 2.56. The molecule has 0 amide bonds. The van der Waals surface area contributed by atoms with Crippen molar-refractivity contribution in [2.75, 3.05) is 0 Å². The largest absolute Gasteiger partial charge is 0.434 e. The van der Waals surface area contributed by atoms with Gasteiger partial charge in [-0.2, -0.15) is 0 Å². The number of aromatic amines is 1. The van der Waals surface area contributed by atoms with Gasteiger partial charge in [-0.05, 0) is 18.2 Å². The lowest BCUT2D eigenvalue weighted by molar-refractivity contribution is 0.527. The zero-order valence-corrected chi connectivity index (χ0v) is 8.26.